The molecule has 3 heteroatoms. The van der Waals surface area contributed by atoms with Gasteiger partial charge in [-0.15, -0.1) is 0 Å². The summed E-state index contributed by atoms with van der Waals surface area (Å²) in [5, 5.41) is 4.22. The van der Waals surface area contributed by atoms with Gasteiger partial charge >= 0.3 is 0 Å². The molecule has 0 unspecified atom stereocenters. The largest absolute Gasteiger partial charge is 0.334 e. The van der Waals surface area contributed by atoms with Crippen LogP contribution in [-0.2, 0) is 5.41 Å². The molecule has 3 nitrogen and oxygen atoms in total. The molecule has 0 saturated heterocycles. The van der Waals surface area contributed by atoms with Crippen molar-refractivity contribution >= 4 is 0 Å². The second kappa shape index (κ2) is 4.30. The van der Waals surface area contributed by atoms with E-state index < -0.39 is 0 Å². The lowest BCUT2D eigenvalue weighted by Gasteiger charge is -2.09. The number of hydrogen-bond donors (Lipinski definition) is 0. The first-order valence-corrected chi connectivity index (χ1v) is 6.84. The molecule has 0 N–H and O–H groups in total. The molecule has 1 aliphatic carbocycles. The van der Waals surface area contributed by atoms with Crippen molar-refractivity contribution in [2.24, 2.45) is 0 Å². The summed E-state index contributed by atoms with van der Waals surface area (Å²) in [6.07, 6.45) is 2.18. The molecule has 1 fully saturated rings. The van der Waals surface area contributed by atoms with Crippen LogP contribution in [-0.4, -0.2) is 10.1 Å². The van der Waals surface area contributed by atoms with Crippen LogP contribution in [0.5, 0.6) is 0 Å². The van der Waals surface area contributed by atoms with E-state index in [1.807, 2.05) is 36.4 Å². The lowest BCUT2D eigenvalue weighted by atomic mass is 9.95. The molecule has 0 radical (unpaired) electrons. The van der Waals surface area contributed by atoms with E-state index in [1.165, 1.54) is 5.56 Å². The Labute approximate surface area is 117 Å². The summed E-state index contributed by atoms with van der Waals surface area (Å²) in [6.45, 7) is 0. The van der Waals surface area contributed by atoms with Crippen molar-refractivity contribution in [2.75, 3.05) is 0 Å². The fourth-order valence-electron chi connectivity index (χ4n) is 2.64. The van der Waals surface area contributed by atoms with Gasteiger partial charge in [0, 0.05) is 5.56 Å². The monoisotopic (exact) mass is 262 g/mol. The maximum atomic E-state index is 5.44. The fraction of sp³-hybridized carbons (Fsp3) is 0.176. The molecule has 1 heterocycles. The first kappa shape index (κ1) is 11.4. The van der Waals surface area contributed by atoms with Crippen LogP contribution < -0.4 is 0 Å². The molecule has 1 saturated carbocycles. The SMILES string of the molecule is c1ccc(-c2nc(C3(c4ccccc4)CC3)no2)cc1. The average molecular weight is 262 g/mol. The second-order valence-corrected chi connectivity index (χ2v) is 5.24. The Balaban J connectivity index is 1.73. The predicted octanol–water partition coefficient (Wildman–Crippen LogP) is 3.82. The Bertz CT molecular complexity index is 715. The van der Waals surface area contributed by atoms with Gasteiger partial charge in [0.25, 0.3) is 5.89 Å². The van der Waals surface area contributed by atoms with Crippen LogP contribution in [0.1, 0.15) is 24.2 Å². The highest BCUT2D eigenvalue weighted by Crippen LogP contribution is 2.52. The number of rotatable bonds is 3. The molecule has 1 aliphatic rings. The van der Waals surface area contributed by atoms with E-state index in [0.717, 1.165) is 24.2 Å². The van der Waals surface area contributed by atoms with Gasteiger partial charge in [-0.3, -0.25) is 0 Å². The maximum absolute atomic E-state index is 5.44. The summed E-state index contributed by atoms with van der Waals surface area (Å²) >= 11 is 0. The molecule has 0 spiro atoms. The maximum Gasteiger partial charge on any atom is 0.257 e. The summed E-state index contributed by atoms with van der Waals surface area (Å²) in [5.74, 6) is 1.41. The molecule has 1 aromatic heterocycles. The topological polar surface area (TPSA) is 38.9 Å². The Kier molecular flexibility index (Phi) is 2.46. The van der Waals surface area contributed by atoms with Gasteiger partial charge in [-0.2, -0.15) is 4.98 Å². The Morgan fingerprint density at radius 1 is 0.850 bits per heavy atom. The van der Waals surface area contributed by atoms with Crippen molar-refractivity contribution in [1.82, 2.24) is 10.1 Å². The van der Waals surface area contributed by atoms with Gasteiger partial charge < -0.3 is 4.52 Å². The predicted molar refractivity (Wildman–Crippen MR) is 76.2 cm³/mol. The van der Waals surface area contributed by atoms with Crippen LogP contribution in [0, 0.1) is 0 Å². The van der Waals surface area contributed by atoms with Gasteiger partial charge in [-0.25, -0.2) is 0 Å². The number of nitrogens with zero attached hydrogens (tertiary/aromatic N) is 2. The average Bonchev–Trinajstić information content (AvgIpc) is 3.19. The van der Waals surface area contributed by atoms with Crippen molar-refractivity contribution < 1.29 is 4.52 Å². The normalized spacial score (nSPS) is 16.0. The van der Waals surface area contributed by atoms with E-state index in [9.17, 15) is 0 Å². The molecule has 20 heavy (non-hydrogen) atoms. The van der Waals surface area contributed by atoms with E-state index in [1.54, 1.807) is 0 Å². The highest BCUT2D eigenvalue weighted by Gasteiger charge is 2.49. The minimum Gasteiger partial charge on any atom is -0.334 e. The smallest absolute Gasteiger partial charge is 0.257 e. The third kappa shape index (κ3) is 1.74. The lowest BCUT2D eigenvalue weighted by molar-refractivity contribution is 0.418. The van der Waals surface area contributed by atoms with Crippen LogP contribution in [0.25, 0.3) is 11.5 Å². The Hall–Kier alpha value is -2.42. The summed E-state index contributed by atoms with van der Waals surface area (Å²) in [4.78, 5) is 4.61. The number of benzene rings is 2. The van der Waals surface area contributed by atoms with Crippen molar-refractivity contribution in [3.05, 3.63) is 72.1 Å². The molecular weight excluding hydrogens is 248 g/mol. The molecule has 98 valence electrons. The molecule has 4 rings (SSSR count). The van der Waals surface area contributed by atoms with E-state index in [0.29, 0.717) is 5.89 Å². The first-order chi connectivity index (χ1) is 9.88. The lowest BCUT2D eigenvalue weighted by Crippen LogP contribution is -2.10. The van der Waals surface area contributed by atoms with Crippen molar-refractivity contribution in [2.45, 2.75) is 18.3 Å². The van der Waals surface area contributed by atoms with Crippen molar-refractivity contribution in [3.8, 4) is 11.5 Å². The molecule has 3 aromatic rings. The van der Waals surface area contributed by atoms with Crippen molar-refractivity contribution in [1.29, 1.82) is 0 Å². The van der Waals surface area contributed by atoms with Gasteiger partial charge in [0.2, 0.25) is 0 Å². The quantitative estimate of drug-likeness (QED) is 0.720. The highest BCUT2D eigenvalue weighted by molar-refractivity contribution is 5.53. The van der Waals surface area contributed by atoms with Gasteiger partial charge in [-0.1, -0.05) is 53.7 Å². The van der Waals surface area contributed by atoms with E-state index >= 15 is 0 Å². The molecule has 0 amide bonds. The zero-order valence-corrected chi connectivity index (χ0v) is 11.0. The van der Waals surface area contributed by atoms with Gasteiger partial charge in [-0.05, 0) is 30.5 Å². The minimum atomic E-state index is -0.0300. The molecule has 2 aromatic carbocycles. The first-order valence-electron chi connectivity index (χ1n) is 6.84. The second-order valence-electron chi connectivity index (χ2n) is 5.24. The van der Waals surface area contributed by atoms with E-state index in [-0.39, 0.29) is 5.41 Å². The van der Waals surface area contributed by atoms with Crippen LogP contribution in [0.15, 0.2) is 65.2 Å². The van der Waals surface area contributed by atoms with Gasteiger partial charge in [0.1, 0.15) is 0 Å². The number of aromatic nitrogens is 2. The van der Waals surface area contributed by atoms with Gasteiger partial charge in [0.05, 0.1) is 5.41 Å². The summed E-state index contributed by atoms with van der Waals surface area (Å²) in [6, 6.07) is 20.3. The van der Waals surface area contributed by atoms with Crippen LogP contribution in [0.2, 0.25) is 0 Å². The Morgan fingerprint density at radius 3 is 2.15 bits per heavy atom. The summed E-state index contributed by atoms with van der Waals surface area (Å²) in [5.41, 5.74) is 2.22. The molecular formula is C17H14N2O. The highest BCUT2D eigenvalue weighted by atomic mass is 16.5. The van der Waals surface area contributed by atoms with Crippen LogP contribution in [0.4, 0.5) is 0 Å². The fourth-order valence-corrected chi connectivity index (χ4v) is 2.64. The van der Waals surface area contributed by atoms with Crippen molar-refractivity contribution in [3.63, 3.8) is 0 Å². The van der Waals surface area contributed by atoms with E-state index in [2.05, 4.69) is 34.4 Å². The number of hydrogen-bond acceptors (Lipinski definition) is 3. The van der Waals surface area contributed by atoms with E-state index in [4.69, 9.17) is 4.52 Å². The zero-order chi connectivity index (χ0) is 13.4. The molecule has 0 bridgehead atoms. The zero-order valence-electron chi connectivity index (χ0n) is 11.0. The Morgan fingerprint density at radius 2 is 1.50 bits per heavy atom. The molecule has 0 aliphatic heterocycles. The van der Waals surface area contributed by atoms with Crippen LogP contribution >= 0.6 is 0 Å². The minimum absolute atomic E-state index is 0.0300. The summed E-state index contributed by atoms with van der Waals surface area (Å²) in [7, 11) is 0. The van der Waals surface area contributed by atoms with Gasteiger partial charge in [0.15, 0.2) is 5.82 Å². The van der Waals surface area contributed by atoms with Crippen LogP contribution in [0.3, 0.4) is 0 Å². The molecule has 0 atom stereocenters. The summed E-state index contributed by atoms with van der Waals surface area (Å²) < 4.78 is 5.44. The third-order valence-corrected chi connectivity index (χ3v) is 3.95. The third-order valence-electron chi connectivity index (χ3n) is 3.95. The standard InChI is InChI=1S/C17H14N2O/c1-3-7-13(8-4-1)15-18-16(19-20-15)17(11-12-17)14-9-5-2-6-10-14/h1-10H,11-12H2.